The van der Waals surface area contributed by atoms with Gasteiger partial charge in [0.15, 0.2) is 0 Å². The second-order valence-corrected chi connectivity index (χ2v) is 8.53. The smallest absolute Gasteiger partial charge is 0.410 e. The maximum Gasteiger partial charge on any atom is 0.410 e. The number of likely N-dealkylation sites (tertiary alicyclic amines) is 1. The summed E-state index contributed by atoms with van der Waals surface area (Å²) in [5, 5.41) is 3.21. The summed E-state index contributed by atoms with van der Waals surface area (Å²) in [4.78, 5) is 27.2. The van der Waals surface area contributed by atoms with Crippen molar-refractivity contribution in [1.82, 2.24) is 10.2 Å². The largest absolute Gasteiger partial charge is 0.444 e. The fraction of sp³-hybridized carbons (Fsp3) is 0.417. The van der Waals surface area contributed by atoms with E-state index in [0.29, 0.717) is 13.1 Å². The van der Waals surface area contributed by atoms with Crippen LogP contribution >= 0.6 is 0 Å². The first-order chi connectivity index (χ1) is 13.8. The third-order valence-corrected chi connectivity index (χ3v) is 5.00. The van der Waals surface area contributed by atoms with Crippen LogP contribution in [0.4, 0.5) is 4.79 Å². The van der Waals surface area contributed by atoms with E-state index in [1.54, 1.807) is 4.90 Å². The van der Waals surface area contributed by atoms with E-state index in [2.05, 4.69) is 5.32 Å². The van der Waals surface area contributed by atoms with Crippen LogP contribution in [-0.4, -0.2) is 35.6 Å². The maximum absolute atomic E-state index is 13.1. The summed E-state index contributed by atoms with van der Waals surface area (Å²) in [7, 11) is 0. The van der Waals surface area contributed by atoms with Crippen LogP contribution in [-0.2, 0) is 9.53 Å². The second kappa shape index (κ2) is 9.12. The van der Waals surface area contributed by atoms with Crippen LogP contribution in [0.5, 0.6) is 0 Å². The molecule has 1 fully saturated rings. The average molecular weight is 395 g/mol. The number of rotatable bonds is 4. The number of carbonyl (C=O) groups excluding carboxylic acids is 2. The van der Waals surface area contributed by atoms with Gasteiger partial charge in [-0.25, -0.2) is 4.79 Å². The van der Waals surface area contributed by atoms with E-state index in [4.69, 9.17) is 4.74 Å². The molecule has 1 aliphatic rings. The van der Waals surface area contributed by atoms with Crippen molar-refractivity contribution in [3.8, 4) is 0 Å². The predicted molar refractivity (Wildman–Crippen MR) is 113 cm³/mol. The Bertz CT molecular complexity index is 776. The normalized spacial score (nSPS) is 17.1. The molecule has 0 bridgehead atoms. The third kappa shape index (κ3) is 5.83. The van der Waals surface area contributed by atoms with Crippen LogP contribution < -0.4 is 5.32 Å². The van der Waals surface area contributed by atoms with E-state index in [1.165, 1.54) is 0 Å². The van der Waals surface area contributed by atoms with Gasteiger partial charge in [-0.15, -0.1) is 0 Å². The van der Waals surface area contributed by atoms with Crippen LogP contribution in [0.15, 0.2) is 60.7 Å². The molecular weight excluding hydrogens is 364 g/mol. The number of hydrogen-bond donors (Lipinski definition) is 1. The number of benzene rings is 2. The van der Waals surface area contributed by atoms with Crippen LogP contribution in [0.2, 0.25) is 0 Å². The number of amides is 2. The molecule has 1 atom stereocenters. The Balaban J connectivity index is 1.72. The summed E-state index contributed by atoms with van der Waals surface area (Å²) in [5.41, 5.74) is 1.52. The Kier molecular flexibility index (Phi) is 6.57. The predicted octanol–water partition coefficient (Wildman–Crippen LogP) is 4.54. The molecule has 1 aliphatic heterocycles. The lowest BCUT2D eigenvalue weighted by molar-refractivity contribution is -0.127. The molecule has 1 unspecified atom stereocenters. The highest BCUT2D eigenvalue weighted by Gasteiger charge is 2.32. The van der Waals surface area contributed by atoms with Gasteiger partial charge in [0.2, 0.25) is 5.91 Å². The number of piperidine rings is 1. The van der Waals surface area contributed by atoms with Crippen molar-refractivity contribution >= 4 is 12.0 Å². The van der Waals surface area contributed by atoms with Crippen LogP contribution in [0, 0.1) is 5.92 Å². The molecule has 3 rings (SSSR count). The minimum atomic E-state index is -0.544. The summed E-state index contributed by atoms with van der Waals surface area (Å²) in [6.45, 7) is 6.56. The summed E-state index contributed by atoms with van der Waals surface area (Å²) < 4.78 is 5.48. The molecule has 154 valence electrons. The minimum Gasteiger partial charge on any atom is -0.444 e. The Morgan fingerprint density at radius 2 is 1.55 bits per heavy atom. The molecular formula is C24H30N2O3. The topological polar surface area (TPSA) is 58.6 Å². The Morgan fingerprint density at radius 3 is 2.07 bits per heavy atom. The maximum atomic E-state index is 13.1. The van der Waals surface area contributed by atoms with Gasteiger partial charge in [0.25, 0.3) is 0 Å². The summed E-state index contributed by atoms with van der Waals surface area (Å²) in [5.74, 6) is -0.276. The number of nitrogens with one attached hydrogen (secondary N) is 1. The Hall–Kier alpha value is -2.82. The van der Waals surface area contributed by atoms with Crippen molar-refractivity contribution in [2.24, 2.45) is 5.92 Å². The molecule has 1 heterocycles. The highest BCUT2D eigenvalue weighted by atomic mass is 16.6. The quantitative estimate of drug-likeness (QED) is 0.828. The van der Waals surface area contributed by atoms with Crippen molar-refractivity contribution in [2.75, 3.05) is 13.1 Å². The molecule has 0 spiro atoms. The monoisotopic (exact) mass is 394 g/mol. The molecule has 5 heteroatoms. The first kappa shape index (κ1) is 20.9. The van der Waals surface area contributed by atoms with Crippen molar-refractivity contribution in [2.45, 2.75) is 45.3 Å². The zero-order valence-corrected chi connectivity index (χ0v) is 17.4. The number of ether oxygens (including phenoxy) is 1. The van der Waals surface area contributed by atoms with Gasteiger partial charge in [-0.2, -0.15) is 0 Å². The highest BCUT2D eigenvalue weighted by Crippen LogP contribution is 2.25. The van der Waals surface area contributed by atoms with E-state index < -0.39 is 5.60 Å². The van der Waals surface area contributed by atoms with Gasteiger partial charge in [-0.3, -0.25) is 4.79 Å². The molecule has 0 saturated carbocycles. The SMILES string of the molecule is CC(C)(C)OC(=O)N1CCCC(C(=O)NC(c2ccccc2)c2ccccc2)C1. The molecule has 1 saturated heterocycles. The van der Waals surface area contributed by atoms with E-state index in [0.717, 1.165) is 24.0 Å². The van der Waals surface area contributed by atoms with Gasteiger partial charge in [-0.05, 0) is 44.7 Å². The van der Waals surface area contributed by atoms with Crippen LogP contribution in [0.3, 0.4) is 0 Å². The highest BCUT2D eigenvalue weighted by molar-refractivity contribution is 5.81. The van der Waals surface area contributed by atoms with Crippen molar-refractivity contribution in [3.05, 3.63) is 71.8 Å². The number of carbonyl (C=O) groups is 2. The van der Waals surface area contributed by atoms with Crippen LogP contribution in [0.25, 0.3) is 0 Å². The molecule has 0 radical (unpaired) electrons. The van der Waals surface area contributed by atoms with Gasteiger partial charge in [0.1, 0.15) is 5.60 Å². The molecule has 1 N–H and O–H groups in total. The average Bonchev–Trinajstić information content (AvgIpc) is 2.72. The van der Waals surface area contributed by atoms with Gasteiger partial charge < -0.3 is 15.0 Å². The van der Waals surface area contributed by atoms with Gasteiger partial charge in [-0.1, -0.05) is 60.7 Å². The standard InChI is InChI=1S/C24H30N2O3/c1-24(2,3)29-23(28)26-16-10-15-20(17-26)22(27)25-21(18-11-6-4-7-12-18)19-13-8-5-9-14-19/h4-9,11-14,20-21H,10,15-17H2,1-3H3,(H,25,27). The molecule has 0 aliphatic carbocycles. The summed E-state index contributed by atoms with van der Waals surface area (Å²) >= 11 is 0. The zero-order chi connectivity index (χ0) is 20.9. The number of nitrogens with zero attached hydrogens (tertiary/aromatic N) is 1. The fourth-order valence-electron chi connectivity index (χ4n) is 3.59. The van der Waals surface area contributed by atoms with Crippen molar-refractivity contribution < 1.29 is 14.3 Å². The van der Waals surface area contributed by atoms with Gasteiger partial charge in [0, 0.05) is 13.1 Å². The molecule has 0 aromatic heterocycles. The molecule has 2 aromatic carbocycles. The summed E-state index contributed by atoms with van der Waals surface area (Å²) in [6, 6.07) is 19.7. The van der Waals surface area contributed by atoms with Gasteiger partial charge in [0.05, 0.1) is 12.0 Å². The minimum absolute atomic E-state index is 0.0315. The lowest BCUT2D eigenvalue weighted by atomic mass is 9.94. The van der Waals surface area contributed by atoms with E-state index >= 15 is 0 Å². The summed E-state index contributed by atoms with van der Waals surface area (Å²) in [6.07, 6.45) is 1.21. The van der Waals surface area contributed by atoms with Crippen molar-refractivity contribution in [1.29, 1.82) is 0 Å². The van der Waals surface area contributed by atoms with E-state index in [9.17, 15) is 9.59 Å². The number of hydrogen-bond acceptors (Lipinski definition) is 3. The lowest BCUT2D eigenvalue weighted by Crippen LogP contribution is -2.47. The molecule has 2 aromatic rings. The first-order valence-corrected chi connectivity index (χ1v) is 10.2. The Morgan fingerprint density at radius 1 is 1.00 bits per heavy atom. The zero-order valence-electron chi connectivity index (χ0n) is 17.4. The third-order valence-electron chi connectivity index (χ3n) is 5.00. The Labute approximate surface area is 173 Å². The lowest BCUT2D eigenvalue weighted by Gasteiger charge is -2.34. The van der Waals surface area contributed by atoms with Crippen molar-refractivity contribution in [3.63, 3.8) is 0 Å². The van der Waals surface area contributed by atoms with E-state index in [1.807, 2.05) is 81.4 Å². The second-order valence-electron chi connectivity index (χ2n) is 8.53. The van der Waals surface area contributed by atoms with E-state index in [-0.39, 0.29) is 24.0 Å². The molecule has 2 amide bonds. The fourth-order valence-corrected chi connectivity index (χ4v) is 3.59. The molecule has 29 heavy (non-hydrogen) atoms. The molecule has 5 nitrogen and oxygen atoms in total. The van der Waals surface area contributed by atoms with Gasteiger partial charge >= 0.3 is 6.09 Å². The van der Waals surface area contributed by atoms with Crippen LogP contribution in [0.1, 0.15) is 50.8 Å². The first-order valence-electron chi connectivity index (χ1n) is 10.2.